The molecule has 0 aromatic carbocycles. The van der Waals surface area contributed by atoms with E-state index >= 15 is 0 Å². The first kappa shape index (κ1) is 21.8. The zero-order chi connectivity index (χ0) is 21.2. The molecular formula is C21H32N2O6. The van der Waals surface area contributed by atoms with Gasteiger partial charge in [-0.15, -0.1) is 6.58 Å². The van der Waals surface area contributed by atoms with Crippen LogP contribution in [0, 0.1) is 11.8 Å². The number of aliphatic hydroxyl groups excluding tert-OH is 1. The van der Waals surface area contributed by atoms with Crippen LogP contribution in [0.5, 0.6) is 0 Å². The molecule has 3 aliphatic rings. The lowest BCUT2D eigenvalue weighted by Crippen LogP contribution is -2.56. The predicted octanol–water partition coefficient (Wildman–Crippen LogP) is 1.03. The first-order chi connectivity index (χ1) is 13.9. The molecule has 29 heavy (non-hydrogen) atoms. The van der Waals surface area contributed by atoms with Gasteiger partial charge in [-0.3, -0.25) is 14.4 Å². The number of ether oxygens (including phenoxy) is 1. The third-order valence-corrected chi connectivity index (χ3v) is 6.57. The number of carboxylic acid groups (broad SMARTS) is 1. The van der Waals surface area contributed by atoms with E-state index < -0.39 is 35.6 Å². The molecule has 3 aliphatic heterocycles. The molecule has 3 rings (SSSR count). The molecule has 2 N–H and O–H groups in total. The molecule has 0 radical (unpaired) electrons. The summed E-state index contributed by atoms with van der Waals surface area (Å²) < 4.78 is 6.17. The summed E-state index contributed by atoms with van der Waals surface area (Å²) in [6.45, 7) is 7.04. The predicted molar refractivity (Wildman–Crippen MR) is 105 cm³/mol. The maximum absolute atomic E-state index is 13.6. The molecule has 0 aliphatic carbocycles. The zero-order valence-electron chi connectivity index (χ0n) is 17.1. The lowest BCUT2D eigenvalue weighted by molar-refractivity contribution is -0.151. The van der Waals surface area contributed by atoms with Gasteiger partial charge in [-0.1, -0.05) is 19.4 Å². The van der Waals surface area contributed by atoms with Crippen LogP contribution in [0.1, 0.15) is 45.4 Å². The number of fused-ring (bicyclic) bond motifs is 1. The van der Waals surface area contributed by atoms with Crippen LogP contribution in [-0.2, 0) is 19.1 Å². The summed E-state index contributed by atoms with van der Waals surface area (Å²) in [4.78, 5) is 42.1. The van der Waals surface area contributed by atoms with Crippen molar-refractivity contribution in [2.45, 2.75) is 63.2 Å². The van der Waals surface area contributed by atoms with Crippen LogP contribution in [0.2, 0.25) is 0 Å². The fraction of sp³-hybridized carbons (Fsp3) is 0.762. The van der Waals surface area contributed by atoms with Crippen molar-refractivity contribution in [3.8, 4) is 0 Å². The summed E-state index contributed by atoms with van der Waals surface area (Å²) in [6, 6.07) is -0.815. The Morgan fingerprint density at radius 2 is 2.14 bits per heavy atom. The Balaban J connectivity index is 1.96. The topological polar surface area (TPSA) is 107 Å². The Hall–Kier alpha value is -1.93. The molecule has 3 fully saturated rings. The quantitative estimate of drug-likeness (QED) is 0.391. The zero-order valence-corrected chi connectivity index (χ0v) is 17.1. The summed E-state index contributed by atoms with van der Waals surface area (Å²) in [5.41, 5.74) is -1.06. The number of rotatable bonds is 11. The number of aliphatic carboxylic acids is 1. The first-order valence-electron chi connectivity index (χ1n) is 10.6. The molecular weight excluding hydrogens is 376 g/mol. The van der Waals surface area contributed by atoms with E-state index in [1.807, 2.05) is 6.92 Å². The van der Waals surface area contributed by atoms with E-state index in [1.165, 1.54) is 4.90 Å². The van der Waals surface area contributed by atoms with Gasteiger partial charge in [0.2, 0.25) is 11.8 Å². The van der Waals surface area contributed by atoms with E-state index in [9.17, 15) is 19.5 Å². The number of amides is 2. The van der Waals surface area contributed by atoms with Crippen molar-refractivity contribution in [1.82, 2.24) is 9.80 Å². The molecule has 2 amide bonds. The lowest BCUT2D eigenvalue weighted by Gasteiger charge is -2.36. The monoisotopic (exact) mass is 408 g/mol. The third-order valence-electron chi connectivity index (χ3n) is 6.57. The van der Waals surface area contributed by atoms with Crippen LogP contribution < -0.4 is 0 Å². The third kappa shape index (κ3) is 3.57. The fourth-order valence-corrected chi connectivity index (χ4v) is 5.32. The van der Waals surface area contributed by atoms with E-state index in [0.29, 0.717) is 45.3 Å². The van der Waals surface area contributed by atoms with Crippen molar-refractivity contribution in [2.24, 2.45) is 11.8 Å². The number of unbranched alkanes of at least 4 members (excludes halogenated alkanes) is 2. The second kappa shape index (κ2) is 8.83. The normalized spacial score (nSPS) is 32.5. The highest BCUT2D eigenvalue weighted by Crippen LogP contribution is 2.58. The molecule has 3 saturated heterocycles. The maximum atomic E-state index is 13.6. The first-order valence-corrected chi connectivity index (χ1v) is 10.6. The summed E-state index contributed by atoms with van der Waals surface area (Å²) >= 11 is 0. The van der Waals surface area contributed by atoms with Gasteiger partial charge in [-0.25, -0.2) is 0 Å². The van der Waals surface area contributed by atoms with Gasteiger partial charge < -0.3 is 24.7 Å². The Morgan fingerprint density at radius 1 is 1.38 bits per heavy atom. The summed E-state index contributed by atoms with van der Waals surface area (Å²) in [6.07, 6.45) is 5.04. The van der Waals surface area contributed by atoms with Gasteiger partial charge in [0.25, 0.3) is 0 Å². The highest BCUT2D eigenvalue weighted by atomic mass is 16.5. The molecule has 2 bridgehead atoms. The second-order valence-electron chi connectivity index (χ2n) is 8.28. The SMILES string of the molecule is C=CCN(CCCC)C(=O)C1N(CCCCO)C(=O)[C@@H]2[C@@H](C(=O)O)[C@H]3CCC12O3. The average molecular weight is 408 g/mol. The number of carbonyl (C=O) groups is 3. The number of hydrogen-bond donors (Lipinski definition) is 2. The number of aliphatic hydroxyl groups is 1. The van der Waals surface area contributed by atoms with Gasteiger partial charge >= 0.3 is 5.97 Å². The minimum absolute atomic E-state index is 0.00459. The molecule has 0 aromatic rings. The van der Waals surface area contributed by atoms with Crippen molar-refractivity contribution >= 4 is 17.8 Å². The van der Waals surface area contributed by atoms with Gasteiger partial charge in [0.05, 0.1) is 17.9 Å². The van der Waals surface area contributed by atoms with Crippen LogP contribution in [0.4, 0.5) is 0 Å². The standard InChI is InChI=1S/C21H32N2O6/c1-3-5-11-22(10-4-2)19(26)17-21-9-8-14(29-21)15(20(27)28)16(21)18(25)23(17)12-6-7-13-24/h4,14-17,24H,2-3,5-13H2,1H3,(H,27,28)/t14-,15+,16+,17?,21?/m1/s1. The van der Waals surface area contributed by atoms with Gasteiger partial charge in [0, 0.05) is 26.2 Å². The van der Waals surface area contributed by atoms with Crippen molar-refractivity contribution in [3.05, 3.63) is 12.7 Å². The van der Waals surface area contributed by atoms with Crippen LogP contribution in [0.15, 0.2) is 12.7 Å². The molecule has 5 atom stereocenters. The number of nitrogens with zero attached hydrogens (tertiary/aromatic N) is 2. The van der Waals surface area contributed by atoms with Gasteiger partial charge in [-0.2, -0.15) is 0 Å². The van der Waals surface area contributed by atoms with Gasteiger partial charge in [0.1, 0.15) is 11.6 Å². The van der Waals surface area contributed by atoms with Crippen LogP contribution >= 0.6 is 0 Å². The largest absolute Gasteiger partial charge is 0.481 e. The minimum Gasteiger partial charge on any atom is -0.481 e. The Kier molecular flexibility index (Phi) is 6.63. The molecule has 8 nitrogen and oxygen atoms in total. The molecule has 1 spiro atoms. The number of carbonyl (C=O) groups excluding carboxylic acids is 2. The Labute approximate surface area is 171 Å². The Morgan fingerprint density at radius 3 is 2.76 bits per heavy atom. The second-order valence-corrected chi connectivity index (χ2v) is 8.28. The van der Waals surface area contributed by atoms with E-state index in [-0.39, 0.29) is 18.4 Å². The molecule has 8 heteroatoms. The van der Waals surface area contributed by atoms with Crippen LogP contribution in [0.25, 0.3) is 0 Å². The highest BCUT2D eigenvalue weighted by Gasteiger charge is 2.74. The minimum atomic E-state index is -1.06. The van der Waals surface area contributed by atoms with Crippen molar-refractivity contribution < 1.29 is 29.3 Å². The molecule has 162 valence electrons. The fourth-order valence-electron chi connectivity index (χ4n) is 5.32. The molecule has 0 saturated carbocycles. The number of likely N-dealkylation sites (tertiary alicyclic amines) is 1. The number of carboxylic acids is 1. The smallest absolute Gasteiger partial charge is 0.310 e. The van der Waals surface area contributed by atoms with E-state index in [1.54, 1.807) is 11.0 Å². The number of hydrogen-bond acceptors (Lipinski definition) is 5. The summed E-state index contributed by atoms with van der Waals surface area (Å²) in [7, 11) is 0. The average Bonchev–Trinajstić information content (AvgIpc) is 3.33. The van der Waals surface area contributed by atoms with E-state index in [0.717, 1.165) is 12.8 Å². The van der Waals surface area contributed by atoms with E-state index in [2.05, 4.69) is 6.58 Å². The molecule has 2 unspecified atom stereocenters. The lowest BCUT2D eigenvalue weighted by atomic mass is 9.70. The maximum Gasteiger partial charge on any atom is 0.310 e. The summed E-state index contributed by atoms with van der Waals surface area (Å²) in [5, 5.41) is 18.9. The van der Waals surface area contributed by atoms with E-state index in [4.69, 9.17) is 9.84 Å². The van der Waals surface area contributed by atoms with Crippen LogP contribution in [-0.4, -0.2) is 81.8 Å². The van der Waals surface area contributed by atoms with Gasteiger partial charge in [-0.05, 0) is 32.1 Å². The molecule has 3 heterocycles. The van der Waals surface area contributed by atoms with Crippen molar-refractivity contribution in [2.75, 3.05) is 26.2 Å². The molecule has 0 aromatic heterocycles. The highest BCUT2D eigenvalue weighted by molar-refractivity contribution is 5.98. The Bertz CT molecular complexity index is 668. The van der Waals surface area contributed by atoms with Crippen LogP contribution in [0.3, 0.4) is 0 Å². The van der Waals surface area contributed by atoms with Crippen molar-refractivity contribution in [3.63, 3.8) is 0 Å². The summed E-state index contributed by atoms with van der Waals surface area (Å²) in [5.74, 6) is -3.25. The van der Waals surface area contributed by atoms with Gasteiger partial charge in [0.15, 0.2) is 0 Å². The van der Waals surface area contributed by atoms with Crippen molar-refractivity contribution in [1.29, 1.82) is 0 Å².